The number of hydrogen-bond donors (Lipinski definition) is 0. The monoisotopic (exact) mass is 520 g/mol. The van der Waals surface area contributed by atoms with Gasteiger partial charge in [-0.15, -0.1) is 0 Å². The Bertz CT molecular complexity index is 1090. The van der Waals surface area contributed by atoms with Crippen LogP contribution in [0.15, 0.2) is 30.3 Å². The van der Waals surface area contributed by atoms with E-state index in [4.69, 9.17) is 14.2 Å². The number of carbonyl (C=O) groups is 1. The van der Waals surface area contributed by atoms with E-state index in [1.54, 1.807) is 0 Å². The number of epoxide rings is 2. The van der Waals surface area contributed by atoms with Gasteiger partial charge in [-0.25, -0.2) is 4.79 Å². The van der Waals surface area contributed by atoms with Crippen molar-refractivity contribution in [3.63, 3.8) is 0 Å². The lowest BCUT2D eigenvalue weighted by molar-refractivity contribution is -0.142. The molecule has 1 aromatic carbocycles. The van der Waals surface area contributed by atoms with E-state index in [1.165, 1.54) is 38.5 Å². The van der Waals surface area contributed by atoms with Gasteiger partial charge in [0.05, 0.1) is 17.8 Å². The number of ether oxygens (including phenoxy) is 3. The fourth-order valence-electron chi connectivity index (χ4n) is 10.9. The molecule has 4 heteroatoms. The largest absolute Gasteiger partial charge is 0.459 e. The molecule has 0 bridgehead atoms. The molecule has 208 valence electrons. The van der Waals surface area contributed by atoms with Crippen LogP contribution in [0.4, 0.5) is 0 Å². The van der Waals surface area contributed by atoms with Crippen molar-refractivity contribution in [2.24, 2.45) is 40.4 Å². The molecule has 4 saturated carbocycles. The summed E-state index contributed by atoms with van der Waals surface area (Å²) in [6.07, 6.45) is 12.8. The van der Waals surface area contributed by atoms with Crippen LogP contribution in [0.5, 0.6) is 0 Å². The van der Waals surface area contributed by atoms with Gasteiger partial charge in [-0.3, -0.25) is 0 Å². The molecule has 0 amide bonds. The number of fused-ring (bicyclic) bond motifs is 2. The summed E-state index contributed by atoms with van der Waals surface area (Å²) in [6.45, 7) is 12.4. The van der Waals surface area contributed by atoms with Crippen LogP contribution in [0.1, 0.15) is 109 Å². The Balaban J connectivity index is 1.08. The standard InChI is InChI=1S/C34H48O4/c1-21(2)10-9-11-22(3)26-20-29-34(38-29)32(26,5)17-15-27-31(4)16-14-25(18-24(31)19-28-33(27,34)37-28)36-30(35)23-12-7-6-8-13-23/h6-8,12-13,21-22,24-29H,9-11,14-20H2,1-5H3/t22-,24?,25?,26-,27-,28?,29?,31+,32-,33-,34+/m1/s1. The molecule has 0 radical (unpaired) electrons. The van der Waals surface area contributed by atoms with E-state index < -0.39 is 0 Å². The second-order valence-electron chi connectivity index (χ2n) is 15.0. The van der Waals surface area contributed by atoms with Crippen LogP contribution in [0.3, 0.4) is 0 Å². The summed E-state index contributed by atoms with van der Waals surface area (Å²) >= 11 is 0. The smallest absolute Gasteiger partial charge is 0.338 e. The molecule has 2 saturated heterocycles. The Morgan fingerprint density at radius 2 is 1.76 bits per heavy atom. The average molecular weight is 521 g/mol. The fraction of sp³-hybridized carbons (Fsp3) is 0.794. The highest BCUT2D eigenvalue weighted by Gasteiger charge is 2.93. The Morgan fingerprint density at radius 1 is 0.974 bits per heavy atom. The Labute approximate surface area is 229 Å². The van der Waals surface area contributed by atoms with Gasteiger partial charge in [-0.2, -0.15) is 0 Å². The van der Waals surface area contributed by atoms with Crippen molar-refractivity contribution in [3.05, 3.63) is 35.9 Å². The zero-order valence-electron chi connectivity index (χ0n) is 24.2. The van der Waals surface area contributed by atoms with Gasteiger partial charge in [-0.05, 0) is 92.1 Å². The highest BCUT2D eigenvalue weighted by Crippen LogP contribution is 2.83. The molecule has 0 aromatic heterocycles. The predicted octanol–water partition coefficient (Wildman–Crippen LogP) is 7.60. The molecule has 7 rings (SSSR count). The third kappa shape index (κ3) is 3.31. The SMILES string of the molecule is CC(C)CCC[C@@H](C)[C@H]1CC2O[C@]23[C@]1(C)CC[C@@H]1[C@@]2(C)CCC(OC(=O)c4ccccc4)CC2CC2O[C@@]213. The molecule has 2 heterocycles. The molecule has 4 unspecified atom stereocenters. The lowest BCUT2D eigenvalue weighted by Crippen LogP contribution is -2.64. The number of esters is 1. The van der Waals surface area contributed by atoms with Gasteiger partial charge < -0.3 is 14.2 Å². The Morgan fingerprint density at radius 3 is 2.53 bits per heavy atom. The van der Waals surface area contributed by atoms with Crippen molar-refractivity contribution in [2.45, 2.75) is 128 Å². The summed E-state index contributed by atoms with van der Waals surface area (Å²) in [7, 11) is 0. The summed E-state index contributed by atoms with van der Waals surface area (Å²) in [5, 5.41) is 0. The van der Waals surface area contributed by atoms with Crippen LogP contribution in [-0.2, 0) is 14.2 Å². The second kappa shape index (κ2) is 8.56. The van der Waals surface area contributed by atoms with Gasteiger partial charge in [0, 0.05) is 5.41 Å². The third-order valence-corrected chi connectivity index (χ3v) is 12.9. The topological polar surface area (TPSA) is 51.4 Å². The zero-order valence-corrected chi connectivity index (χ0v) is 24.2. The van der Waals surface area contributed by atoms with E-state index >= 15 is 0 Å². The van der Waals surface area contributed by atoms with Crippen molar-refractivity contribution in [1.82, 2.24) is 0 Å². The highest BCUT2D eigenvalue weighted by molar-refractivity contribution is 5.89. The number of rotatable bonds is 7. The minimum Gasteiger partial charge on any atom is -0.459 e. The van der Waals surface area contributed by atoms with Crippen molar-refractivity contribution in [1.29, 1.82) is 0 Å². The molecule has 11 atom stereocenters. The number of carbonyl (C=O) groups excluding carboxylic acids is 1. The predicted molar refractivity (Wildman–Crippen MR) is 148 cm³/mol. The lowest BCUT2D eigenvalue weighted by atomic mass is 9.43. The first-order valence-corrected chi connectivity index (χ1v) is 15.8. The van der Waals surface area contributed by atoms with Crippen LogP contribution in [0.2, 0.25) is 0 Å². The first-order chi connectivity index (χ1) is 18.2. The number of hydrogen-bond acceptors (Lipinski definition) is 4. The summed E-state index contributed by atoms with van der Waals surface area (Å²) in [6, 6.07) is 9.46. The second-order valence-corrected chi connectivity index (χ2v) is 15.0. The maximum absolute atomic E-state index is 12.8. The van der Waals surface area contributed by atoms with Gasteiger partial charge in [0.2, 0.25) is 0 Å². The van der Waals surface area contributed by atoms with E-state index in [-0.39, 0.29) is 34.1 Å². The minimum absolute atomic E-state index is 0.0199. The first-order valence-electron chi connectivity index (χ1n) is 15.8. The van der Waals surface area contributed by atoms with Crippen LogP contribution >= 0.6 is 0 Å². The third-order valence-electron chi connectivity index (χ3n) is 12.9. The average Bonchev–Trinajstić information content (AvgIpc) is 3.78. The maximum Gasteiger partial charge on any atom is 0.338 e. The molecule has 38 heavy (non-hydrogen) atoms. The summed E-state index contributed by atoms with van der Waals surface area (Å²) < 4.78 is 19.8. The first kappa shape index (κ1) is 25.6. The van der Waals surface area contributed by atoms with Crippen molar-refractivity contribution in [3.8, 4) is 0 Å². The minimum atomic E-state index is -0.173. The molecule has 4 nitrogen and oxygen atoms in total. The van der Waals surface area contributed by atoms with Crippen LogP contribution in [0.25, 0.3) is 0 Å². The van der Waals surface area contributed by atoms with Crippen molar-refractivity contribution < 1.29 is 19.0 Å². The molecule has 4 aliphatic carbocycles. The summed E-state index contributed by atoms with van der Waals surface area (Å²) in [5.41, 5.74) is 1.04. The summed E-state index contributed by atoms with van der Waals surface area (Å²) in [5.74, 6) is 3.27. The molecule has 2 aliphatic heterocycles. The molecular weight excluding hydrogens is 472 g/mol. The van der Waals surface area contributed by atoms with Gasteiger partial charge in [0.15, 0.2) is 0 Å². The fourth-order valence-corrected chi connectivity index (χ4v) is 10.9. The van der Waals surface area contributed by atoms with Crippen LogP contribution in [0, 0.1) is 40.4 Å². The van der Waals surface area contributed by atoms with Gasteiger partial charge in [-0.1, -0.05) is 72.1 Å². The summed E-state index contributed by atoms with van der Waals surface area (Å²) in [4.78, 5) is 12.8. The van der Waals surface area contributed by atoms with Gasteiger partial charge in [0.1, 0.15) is 17.3 Å². The molecular formula is C34H48O4. The Kier molecular flexibility index (Phi) is 5.76. The molecule has 2 spiro atoms. The molecule has 6 aliphatic rings. The van der Waals surface area contributed by atoms with Crippen LogP contribution in [-0.4, -0.2) is 35.5 Å². The Hall–Kier alpha value is -1.39. The molecule has 0 N–H and O–H groups in total. The van der Waals surface area contributed by atoms with Gasteiger partial charge in [0.25, 0.3) is 0 Å². The molecule has 1 aromatic rings. The lowest BCUT2D eigenvalue weighted by Gasteiger charge is -2.59. The van der Waals surface area contributed by atoms with E-state index in [1.807, 2.05) is 30.3 Å². The zero-order chi connectivity index (χ0) is 26.5. The number of benzene rings is 1. The van der Waals surface area contributed by atoms with E-state index in [0.717, 1.165) is 43.4 Å². The normalized spacial score (nSPS) is 48.7. The molecule has 6 fully saturated rings. The van der Waals surface area contributed by atoms with Crippen LogP contribution < -0.4 is 0 Å². The van der Waals surface area contributed by atoms with E-state index in [0.29, 0.717) is 29.6 Å². The maximum atomic E-state index is 12.8. The van der Waals surface area contributed by atoms with Crippen molar-refractivity contribution in [2.75, 3.05) is 0 Å². The van der Waals surface area contributed by atoms with E-state index in [2.05, 4.69) is 34.6 Å². The van der Waals surface area contributed by atoms with Crippen molar-refractivity contribution >= 4 is 5.97 Å². The van der Waals surface area contributed by atoms with Gasteiger partial charge >= 0.3 is 5.97 Å². The van der Waals surface area contributed by atoms with E-state index in [9.17, 15) is 4.79 Å². The highest BCUT2D eigenvalue weighted by atomic mass is 16.7. The quantitative estimate of drug-likeness (QED) is 0.274.